The lowest BCUT2D eigenvalue weighted by atomic mass is 9.71. The summed E-state index contributed by atoms with van der Waals surface area (Å²) in [6.45, 7) is 7.25. The summed E-state index contributed by atoms with van der Waals surface area (Å²) in [5.41, 5.74) is 1.90. The Morgan fingerprint density at radius 3 is 2.67 bits per heavy atom. The monoisotopic (exact) mass is 632 g/mol. The van der Waals surface area contributed by atoms with Crippen molar-refractivity contribution >= 4 is 28.2 Å². The molecule has 9 nitrogen and oxygen atoms in total. The number of nitrogens with one attached hydrogen (secondary N) is 1. The minimum absolute atomic E-state index is 0.00153. The highest BCUT2D eigenvalue weighted by molar-refractivity contribution is 6.16. The fourth-order valence-electron chi connectivity index (χ4n) is 8.98. The second-order valence-corrected chi connectivity index (χ2v) is 14.1. The second kappa shape index (κ2) is 11.3. The van der Waals surface area contributed by atoms with Crippen molar-refractivity contribution in [3.8, 4) is 11.8 Å². The van der Waals surface area contributed by atoms with Gasteiger partial charge in [0.1, 0.15) is 35.7 Å². The number of alkyl halides is 1. The molecule has 4 saturated heterocycles. The molecule has 3 aromatic rings. The molecule has 1 aromatic heterocycles. The molecule has 0 radical (unpaired) electrons. The first-order chi connectivity index (χ1) is 22.3. The zero-order valence-electron chi connectivity index (χ0n) is 26.5. The van der Waals surface area contributed by atoms with Crippen molar-refractivity contribution in [3.05, 3.63) is 46.9 Å². The van der Waals surface area contributed by atoms with Crippen LogP contribution in [0.2, 0.25) is 0 Å². The summed E-state index contributed by atoms with van der Waals surface area (Å²) in [4.78, 5) is 30.1. The molecule has 0 saturated carbocycles. The van der Waals surface area contributed by atoms with E-state index >= 15 is 4.39 Å². The van der Waals surface area contributed by atoms with Crippen molar-refractivity contribution in [1.29, 1.82) is 0 Å². The maximum absolute atomic E-state index is 15.0. The van der Waals surface area contributed by atoms with Crippen LogP contribution < -0.4 is 19.9 Å². The predicted octanol–water partition coefficient (Wildman–Crippen LogP) is 5.12. The average molecular weight is 633 g/mol. The van der Waals surface area contributed by atoms with Gasteiger partial charge in [0.15, 0.2) is 0 Å². The van der Waals surface area contributed by atoms with Crippen LogP contribution in [0, 0.1) is 11.2 Å². The topological polar surface area (TPSA) is 94.1 Å². The number of aromatic hydroxyl groups is 1. The van der Waals surface area contributed by atoms with Gasteiger partial charge in [0.05, 0.1) is 23.5 Å². The van der Waals surface area contributed by atoms with Crippen molar-refractivity contribution in [2.45, 2.75) is 76.5 Å². The largest absolute Gasteiger partial charge is 0.508 e. The van der Waals surface area contributed by atoms with E-state index in [0.717, 1.165) is 71.2 Å². The number of fused-ring (bicyclic) bond motifs is 3. The van der Waals surface area contributed by atoms with Crippen LogP contribution in [-0.2, 0) is 13.0 Å². The van der Waals surface area contributed by atoms with Gasteiger partial charge in [-0.2, -0.15) is 9.97 Å². The maximum Gasteiger partial charge on any atom is 0.318 e. The third-order valence-corrected chi connectivity index (χ3v) is 11.5. The number of benzene rings is 2. The summed E-state index contributed by atoms with van der Waals surface area (Å²) in [6, 6.07) is 6.39. The zero-order chi connectivity index (χ0) is 31.6. The highest BCUT2D eigenvalue weighted by Gasteiger charge is 2.49. The first-order valence-corrected chi connectivity index (χ1v) is 16.9. The molecule has 46 heavy (non-hydrogen) atoms. The molecule has 5 aliphatic rings. The lowest BCUT2D eigenvalue weighted by Gasteiger charge is -2.45. The van der Waals surface area contributed by atoms with Crippen LogP contribution in [0.5, 0.6) is 11.8 Å². The van der Waals surface area contributed by atoms with Crippen molar-refractivity contribution in [1.82, 2.24) is 20.2 Å². The number of aromatic nitrogens is 2. The number of hydrogen-bond donors (Lipinski definition) is 2. The number of carbonyl (C=O) groups is 1. The smallest absolute Gasteiger partial charge is 0.318 e. The number of rotatable bonds is 6. The van der Waals surface area contributed by atoms with Gasteiger partial charge in [-0.05, 0) is 93.1 Å². The third kappa shape index (κ3) is 4.89. The molecule has 244 valence electrons. The van der Waals surface area contributed by atoms with Crippen molar-refractivity contribution in [2.24, 2.45) is 5.41 Å². The average Bonchev–Trinajstić information content (AvgIpc) is 3.69. The molecular formula is C35H42F2N6O3. The number of anilines is 2. The van der Waals surface area contributed by atoms with Crippen LogP contribution in [0.4, 0.5) is 20.3 Å². The van der Waals surface area contributed by atoms with E-state index in [0.29, 0.717) is 70.5 Å². The Hall–Kier alpha value is -3.57. The number of phenolic OH excluding ortho intramolecular Hbond substituents is 1. The number of carbonyl (C=O) groups excluding carboxylic acids is 1. The molecule has 1 amide bonds. The third-order valence-electron chi connectivity index (χ3n) is 11.5. The van der Waals surface area contributed by atoms with Crippen LogP contribution >= 0.6 is 0 Å². The molecule has 0 aliphatic carbocycles. The Bertz CT molecular complexity index is 1690. The van der Waals surface area contributed by atoms with Gasteiger partial charge < -0.3 is 25.0 Å². The van der Waals surface area contributed by atoms with E-state index in [4.69, 9.17) is 14.7 Å². The Kier molecular flexibility index (Phi) is 7.32. The molecule has 1 spiro atoms. The molecule has 4 fully saturated rings. The number of amides is 1. The highest BCUT2D eigenvalue weighted by Crippen LogP contribution is 2.45. The summed E-state index contributed by atoms with van der Waals surface area (Å²) >= 11 is 0. The van der Waals surface area contributed by atoms with Gasteiger partial charge in [-0.25, -0.2) is 8.78 Å². The summed E-state index contributed by atoms with van der Waals surface area (Å²) in [6.07, 6.45) is 6.25. The molecule has 0 bridgehead atoms. The van der Waals surface area contributed by atoms with Crippen LogP contribution in [0.1, 0.15) is 73.5 Å². The number of piperidine rings is 2. The molecule has 5 aliphatic heterocycles. The summed E-state index contributed by atoms with van der Waals surface area (Å²) in [5, 5.41) is 15.4. The van der Waals surface area contributed by atoms with Gasteiger partial charge in [-0.1, -0.05) is 13.0 Å². The molecule has 8 rings (SSSR count). The highest BCUT2D eigenvalue weighted by atomic mass is 19.1. The fraction of sp³-hybridized carbons (Fsp3) is 0.571. The number of hydrogen-bond acceptors (Lipinski definition) is 8. The van der Waals surface area contributed by atoms with E-state index < -0.39 is 6.17 Å². The Labute approximate surface area is 267 Å². The van der Waals surface area contributed by atoms with E-state index in [2.05, 4.69) is 15.1 Å². The molecular weight excluding hydrogens is 590 g/mol. The first kappa shape index (κ1) is 29.8. The van der Waals surface area contributed by atoms with Gasteiger partial charge in [0, 0.05) is 37.5 Å². The van der Waals surface area contributed by atoms with Crippen molar-refractivity contribution < 1.29 is 23.4 Å². The Morgan fingerprint density at radius 2 is 1.89 bits per heavy atom. The van der Waals surface area contributed by atoms with E-state index in [1.165, 1.54) is 12.1 Å². The normalized spacial score (nSPS) is 25.9. The Morgan fingerprint density at radius 1 is 1.09 bits per heavy atom. The SMILES string of the molecule is CCc1c(F)ccc2cc(O)cc(N3Cc4nc(OCC56CCCN5CC(F)C6)nc(N5CCC6(CCNCC6)CC5)c4C3=O)c12. The molecule has 11 heteroatoms. The molecule has 2 aromatic carbocycles. The Balaban J connectivity index is 1.17. The van der Waals surface area contributed by atoms with Gasteiger partial charge in [0.25, 0.3) is 5.91 Å². The summed E-state index contributed by atoms with van der Waals surface area (Å²) < 4.78 is 35.9. The fourth-order valence-corrected chi connectivity index (χ4v) is 8.98. The minimum Gasteiger partial charge on any atom is -0.508 e. The number of nitrogens with zero attached hydrogens (tertiary/aromatic N) is 5. The van der Waals surface area contributed by atoms with E-state index in [1.807, 2.05) is 6.92 Å². The second-order valence-electron chi connectivity index (χ2n) is 14.1. The van der Waals surface area contributed by atoms with Crippen molar-refractivity contribution in [3.63, 3.8) is 0 Å². The summed E-state index contributed by atoms with van der Waals surface area (Å²) in [7, 11) is 0. The van der Waals surface area contributed by atoms with E-state index in [9.17, 15) is 14.3 Å². The van der Waals surface area contributed by atoms with Gasteiger partial charge in [0.2, 0.25) is 0 Å². The number of halogens is 2. The molecule has 2 unspecified atom stereocenters. The zero-order valence-corrected chi connectivity index (χ0v) is 26.5. The quantitative estimate of drug-likeness (QED) is 0.387. The van der Waals surface area contributed by atoms with Crippen LogP contribution in [0.15, 0.2) is 24.3 Å². The van der Waals surface area contributed by atoms with Crippen molar-refractivity contribution in [2.75, 3.05) is 55.7 Å². The van der Waals surface area contributed by atoms with Crippen LogP contribution in [0.25, 0.3) is 10.8 Å². The predicted molar refractivity (Wildman–Crippen MR) is 172 cm³/mol. The van der Waals surface area contributed by atoms with Crippen LogP contribution in [0.3, 0.4) is 0 Å². The van der Waals surface area contributed by atoms with Gasteiger partial charge >= 0.3 is 6.01 Å². The number of ether oxygens (including phenoxy) is 1. The van der Waals surface area contributed by atoms with Gasteiger partial charge in [-0.15, -0.1) is 0 Å². The van der Waals surface area contributed by atoms with Crippen LogP contribution in [-0.4, -0.2) is 83.5 Å². The summed E-state index contributed by atoms with van der Waals surface area (Å²) in [5.74, 6) is -0.0430. The number of aryl methyl sites for hydroxylation is 1. The van der Waals surface area contributed by atoms with E-state index in [1.54, 1.807) is 17.0 Å². The molecule has 6 heterocycles. The molecule has 2 N–H and O–H groups in total. The minimum atomic E-state index is -0.864. The lowest BCUT2D eigenvalue weighted by molar-refractivity contribution is 0.0995. The lowest BCUT2D eigenvalue weighted by Crippen LogP contribution is -2.46. The standard InChI is InChI=1S/C35H42F2N6O3/c1-2-25-26(37)5-4-22-16-24(44)17-28(29(22)25)43-20-27-30(32(43)45)31(41-14-9-34(10-15-41)7-11-38-12-8-34)40-33(39-27)46-21-35-6-3-13-42(35)19-23(36)18-35/h4-5,16-17,23,38,44H,2-3,6-15,18-21H2,1H3. The van der Waals surface area contributed by atoms with Gasteiger partial charge in [-0.3, -0.25) is 9.69 Å². The van der Waals surface area contributed by atoms with E-state index in [-0.39, 0.29) is 35.6 Å². The maximum atomic E-state index is 15.0. The molecule has 2 atom stereocenters. The first-order valence-electron chi connectivity index (χ1n) is 16.9. The number of phenols is 1.